The van der Waals surface area contributed by atoms with Gasteiger partial charge in [-0.15, -0.1) is 11.8 Å². The van der Waals surface area contributed by atoms with Crippen molar-refractivity contribution in [1.82, 2.24) is 5.32 Å². The molecule has 0 saturated heterocycles. The molecule has 0 amide bonds. The number of rotatable bonds is 6. The Morgan fingerprint density at radius 1 is 1.38 bits per heavy atom. The van der Waals surface area contributed by atoms with Crippen molar-refractivity contribution in [3.63, 3.8) is 0 Å². The zero-order valence-electron chi connectivity index (χ0n) is 10.3. The second-order valence-electron chi connectivity index (χ2n) is 4.22. The zero-order valence-corrected chi connectivity index (χ0v) is 11.1. The SMILES string of the molecule is Cc1ccc(SCCO)c(CNC(C)C)c1. The van der Waals surface area contributed by atoms with Gasteiger partial charge in [0.15, 0.2) is 0 Å². The molecule has 0 aliphatic rings. The monoisotopic (exact) mass is 239 g/mol. The van der Waals surface area contributed by atoms with Crippen molar-refractivity contribution in [1.29, 1.82) is 0 Å². The van der Waals surface area contributed by atoms with Crippen LogP contribution in [0.15, 0.2) is 23.1 Å². The van der Waals surface area contributed by atoms with Crippen LogP contribution in [0.3, 0.4) is 0 Å². The van der Waals surface area contributed by atoms with Crippen LogP contribution >= 0.6 is 11.8 Å². The van der Waals surface area contributed by atoms with Crippen molar-refractivity contribution in [2.24, 2.45) is 0 Å². The third-order valence-electron chi connectivity index (χ3n) is 2.27. The molecule has 16 heavy (non-hydrogen) atoms. The highest BCUT2D eigenvalue weighted by atomic mass is 32.2. The summed E-state index contributed by atoms with van der Waals surface area (Å²) in [5, 5.41) is 12.3. The molecule has 0 aliphatic heterocycles. The van der Waals surface area contributed by atoms with Gasteiger partial charge in [-0.3, -0.25) is 0 Å². The van der Waals surface area contributed by atoms with E-state index in [-0.39, 0.29) is 6.61 Å². The standard InChI is InChI=1S/C13H21NOS/c1-10(2)14-9-12-8-11(3)4-5-13(12)16-7-6-15/h4-5,8,10,14-15H,6-7,9H2,1-3H3. The molecule has 1 aromatic carbocycles. The van der Waals surface area contributed by atoms with E-state index in [1.54, 1.807) is 11.8 Å². The number of nitrogens with one attached hydrogen (secondary N) is 1. The van der Waals surface area contributed by atoms with Crippen LogP contribution in [-0.4, -0.2) is 23.5 Å². The molecule has 0 fully saturated rings. The van der Waals surface area contributed by atoms with Crippen molar-refractivity contribution < 1.29 is 5.11 Å². The minimum atomic E-state index is 0.232. The summed E-state index contributed by atoms with van der Waals surface area (Å²) in [7, 11) is 0. The summed E-state index contributed by atoms with van der Waals surface area (Å²) in [6, 6.07) is 6.98. The van der Waals surface area contributed by atoms with Gasteiger partial charge in [-0.25, -0.2) is 0 Å². The number of benzene rings is 1. The van der Waals surface area contributed by atoms with E-state index in [0.29, 0.717) is 6.04 Å². The Hall–Kier alpha value is -0.510. The average Bonchev–Trinajstić information content (AvgIpc) is 2.25. The molecular formula is C13H21NOS. The van der Waals surface area contributed by atoms with Gasteiger partial charge < -0.3 is 10.4 Å². The van der Waals surface area contributed by atoms with Gasteiger partial charge in [-0.1, -0.05) is 31.5 Å². The molecule has 0 aliphatic carbocycles. The fourth-order valence-corrected chi connectivity index (χ4v) is 2.25. The Labute approximate surface area is 102 Å². The number of hydrogen-bond donors (Lipinski definition) is 2. The molecule has 0 heterocycles. The van der Waals surface area contributed by atoms with E-state index < -0.39 is 0 Å². The molecule has 90 valence electrons. The maximum absolute atomic E-state index is 8.85. The summed E-state index contributed by atoms with van der Waals surface area (Å²) < 4.78 is 0. The average molecular weight is 239 g/mol. The molecule has 0 saturated carbocycles. The number of aryl methyl sites for hydroxylation is 1. The highest BCUT2D eigenvalue weighted by molar-refractivity contribution is 7.99. The van der Waals surface area contributed by atoms with Gasteiger partial charge in [0.2, 0.25) is 0 Å². The molecule has 0 spiro atoms. The second kappa shape index (κ2) is 6.94. The van der Waals surface area contributed by atoms with Gasteiger partial charge in [-0.2, -0.15) is 0 Å². The van der Waals surface area contributed by atoms with Gasteiger partial charge in [0.1, 0.15) is 0 Å². The predicted molar refractivity (Wildman–Crippen MR) is 71.0 cm³/mol. The predicted octanol–water partition coefficient (Wildman–Crippen LogP) is 2.58. The number of aliphatic hydroxyl groups is 1. The molecule has 0 radical (unpaired) electrons. The minimum Gasteiger partial charge on any atom is -0.396 e. The first kappa shape index (κ1) is 13.6. The van der Waals surface area contributed by atoms with Crippen LogP contribution < -0.4 is 5.32 Å². The highest BCUT2D eigenvalue weighted by Gasteiger charge is 2.04. The van der Waals surface area contributed by atoms with Crippen LogP contribution in [0.5, 0.6) is 0 Å². The van der Waals surface area contributed by atoms with Crippen molar-refractivity contribution in [3.05, 3.63) is 29.3 Å². The zero-order chi connectivity index (χ0) is 12.0. The van der Waals surface area contributed by atoms with Crippen LogP contribution in [0.4, 0.5) is 0 Å². The van der Waals surface area contributed by atoms with E-state index in [1.807, 2.05) is 0 Å². The third kappa shape index (κ3) is 4.56. The fraction of sp³-hybridized carbons (Fsp3) is 0.538. The Kier molecular flexibility index (Phi) is 5.88. The topological polar surface area (TPSA) is 32.3 Å². The van der Waals surface area contributed by atoms with Crippen LogP contribution in [0.1, 0.15) is 25.0 Å². The van der Waals surface area contributed by atoms with E-state index in [0.717, 1.165) is 12.3 Å². The lowest BCUT2D eigenvalue weighted by atomic mass is 10.1. The normalized spacial score (nSPS) is 11.1. The Balaban J connectivity index is 2.72. The lowest BCUT2D eigenvalue weighted by Gasteiger charge is -2.13. The fourth-order valence-electron chi connectivity index (χ4n) is 1.46. The van der Waals surface area contributed by atoms with Crippen molar-refractivity contribution in [2.45, 2.75) is 38.3 Å². The molecule has 0 aromatic heterocycles. The highest BCUT2D eigenvalue weighted by Crippen LogP contribution is 2.23. The molecule has 0 unspecified atom stereocenters. The summed E-state index contributed by atoms with van der Waals surface area (Å²) in [5.41, 5.74) is 2.61. The van der Waals surface area contributed by atoms with E-state index in [9.17, 15) is 0 Å². The van der Waals surface area contributed by atoms with Gasteiger partial charge >= 0.3 is 0 Å². The van der Waals surface area contributed by atoms with Crippen LogP contribution in [0.25, 0.3) is 0 Å². The largest absolute Gasteiger partial charge is 0.396 e. The number of hydrogen-bond acceptors (Lipinski definition) is 3. The van der Waals surface area contributed by atoms with E-state index >= 15 is 0 Å². The first-order chi connectivity index (χ1) is 7.63. The van der Waals surface area contributed by atoms with Crippen LogP contribution in [0.2, 0.25) is 0 Å². The summed E-state index contributed by atoms with van der Waals surface area (Å²) in [6.07, 6.45) is 0. The third-order valence-corrected chi connectivity index (χ3v) is 3.36. The van der Waals surface area contributed by atoms with E-state index in [4.69, 9.17) is 5.11 Å². The second-order valence-corrected chi connectivity index (χ2v) is 5.36. The quantitative estimate of drug-likeness (QED) is 0.748. The number of thioether (sulfide) groups is 1. The summed E-state index contributed by atoms with van der Waals surface area (Å²) in [6.45, 7) is 7.54. The van der Waals surface area contributed by atoms with Gasteiger partial charge in [-0.05, 0) is 18.6 Å². The van der Waals surface area contributed by atoms with Crippen molar-refractivity contribution in [2.75, 3.05) is 12.4 Å². The van der Waals surface area contributed by atoms with Crippen LogP contribution in [0, 0.1) is 6.92 Å². The molecule has 0 bridgehead atoms. The van der Waals surface area contributed by atoms with E-state index in [1.165, 1.54) is 16.0 Å². The molecule has 3 heteroatoms. The molecule has 2 N–H and O–H groups in total. The number of aliphatic hydroxyl groups excluding tert-OH is 1. The van der Waals surface area contributed by atoms with Crippen molar-refractivity contribution >= 4 is 11.8 Å². The van der Waals surface area contributed by atoms with Gasteiger partial charge in [0.05, 0.1) is 6.61 Å². The summed E-state index contributed by atoms with van der Waals surface area (Å²) in [4.78, 5) is 1.27. The molecule has 1 rings (SSSR count). The maximum Gasteiger partial charge on any atom is 0.0525 e. The smallest absolute Gasteiger partial charge is 0.0525 e. The minimum absolute atomic E-state index is 0.232. The van der Waals surface area contributed by atoms with Crippen molar-refractivity contribution in [3.8, 4) is 0 Å². The Morgan fingerprint density at radius 2 is 2.12 bits per heavy atom. The lowest BCUT2D eigenvalue weighted by Crippen LogP contribution is -2.22. The van der Waals surface area contributed by atoms with E-state index in [2.05, 4.69) is 44.3 Å². The summed E-state index contributed by atoms with van der Waals surface area (Å²) >= 11 is 1.72. The summed E-state index contributed by atoms with van der Waals surface area (Å²) in [5.74, 6) is 0.762. The molecule has 0 atom stereocenters. The Bertz CT molecular complexity index is 326. The first-order valence-electron chi connectivity index (χ1n) is 5.70. The maximum atomic E-state index is 8.85. The molecule has 2 nitrogen and oxygen atoms in total. The Morgan fingerprint density at radius 3 is 2.75 bits per heavy atom. The first-order valence-corrected chi connectivity index (χ1v) is 6.68. The van der Waals surface area contributed by atoms with Gasteiger partial charge in [0.25, 0.3) is 0 Å². The molecule has 1 aromatic rings. The molecular weight excluding hydrogens is 218 g/mol. The lowest BCUT2D eigenvalue weighted by molar-refractivity contribution is 0.322. The van der Waals surface area contributed by atoms with Gasteiger partial charge in [0, 0.05) is 23.2 Å². The van der Waals surface area contributed by atoms with Crippen LogP contribution in [-0.2, 0) is 6.54 Å².